The van der Waals surface area contributed by atoms with Gasteiger partial charge in [0.2, 0.25) is 5.91 Å². The molecule has 0 aliphatic rings. The van der Waals surface area contributed by atoms with Crippen LogP contribution >= 0.6 is 0 Å². The number of amides is 1. The highest BCUT2D eigenvalue weighted by Crippen LogP contribution is 2.24. The van der Waals surface area contributed by atoms with Crippen LogP contribution in [0, 0.1) is 11.3 Å². The van der Waals surface area contributed by atoms with E-state index in [1.807, 2.05) is 6.07 Å². The molecule has 1 rings (SSSR count). The quantitative estimate of drug-likeness (QED) is 0.754. The summed E-state index contributed by atoms with van der Waals surface area (Å²) in [5.74, 6) is -0.187. The number of rotatable bonds is 3. The number of methoxy groups -OCH3 is 1. The van der Waals surface area contributed by atoms with Gasteiger partial charge in [0.05, 0.1) is 12.8 Å². The van der Waals surface area contributed by atoms with Gasteiger partial charge < -0.3 is 15.2 Å². The summed E-state index contributed by atoms with van der Waals surface area (Å²) in [6, 6.07) is 6.75. The lowest BCUT2D eigenvalue weighted by atomic mass is 10.1. The first kappa shape index (κ1) is 11.0. The fraction of sp³-hybridized carbons (Fsp3) is 0.200. The second-order valence-corrected chi connectivity index (χ2v) is 2.70. The number of aliphatic hydroxyl groups is 1. The molecule has 0 heterocycles. The Morgan fingerprint density at radius 2 is 2.40 bits per heavy atom. The van der Waals surface area contributed by atoms with Crippen LogP contribution in [0.4, 0.5) is 5.69 Å². The van der Waals surface area contributed by atoms with Crippen molar-refractivity contribution in [1.82, 2.24) is 0 Å². The molecule has 0 radical (unpaired) electrons. The van der Waals surface area contributed by atoms with Crippen molar-refractivity contribution < 1.29 is 14.6 Å². The summed E-state index contributed by atoms with van der Waals surface area (Å²) in [4.78, 5) is 10.9. The lowest BCUT2D eigenvalue weighted by Crippen LogP contribution is -2.16. The van der Waals surface area contributed by atoms with E-state index in [0.717, 1.165) is 0 Å². The Morgan fingerprint density at radius 1 is 1.67 bits per heavy atom. The average Bonchev–Trinajstić information content (AvgIpc) is 2.28. The summed E-state index contributed by atoms with van der Waals surface area (Å²) in [6.45, 7) is -0.623. The average molecular weight is 206 g/mol. The van der Waals surface area contributed by atoms with E-state index >= 15 is 0 Å². The first-order chi connectivity index (χ1) is 7.22. The molecule has 0 aliphatic carbocycles. The summed E-state index contributed by atoms with van der Waals surface area (Å²) in [5.41, 5.74) is 0.567. The smallest absolute Gasteiger partial charge is 0.250 e. The number of anilines is 1. The Bertz CT molecular complexity index is 410. The summed E-state index contributed by atoms with van der Waals surface area (Å²) in [5, 5.41) is 19.8. The molecular weight excluding hydrogens is 196 g/mol. The van der Waals surface area contributed by atoms with E-state index in [-0.39, 0.29) is 5.56 Å². The predicted octanol–water partition coefficient (Wildman–Crippen LogP) is 0.498. The van der Waals surface area contributed by atoms with Gasteiger partial charge in [-0.2, -0.15) is 5.26 Å². The maximum absolute atomic E-state index is 10.9. The Balaban J connectivity index is 3.08. The minimum Gasteiger partial charge on any atom is -0.495 e. The molecule has 1 amide bonds. The minimum absolute atomic E-state index is 0.238. The van der Waals surface area contributed by atoms with Crippen LogP contribution in [0.15, 0.2) is 18.2 Å². The third-order valence-electron chi connectivity index (χ3n) is 1.78. The van der Waals surface area contributed by atoms with Gasteiger partial charge in [-0.25, -0.2) is 0 Å². The highest BCUT2D eigenvalue weighted by Gasteiger charge is 2.10. The summed E-state index contributed by atoms with van der Waals surface area (Å²) < 4.78 is 4.96. The molecule has 2 N–H and O–H groups in total. The van der Waals surface area contributed by atoms with E-state index in [2.05, 4.69) is 5.32 Å². The van der Waals surface area contributed by atoms with Gasteiger partial charge in [-0.05, 0) is 12.1 Å². The highest BCUT2D eigenvalue weighted by molar-refractivity contribution is 5.93. The molecule has 78 valence electrons. The number of nitriles is 1. The van der Waals surface area contributed by atoms with Gasteiger partial charge in [-0.1, -0.05) is 6.07 Å². The summed E-state index contributed by atoms with van der Waals surface area (Å²) >= 11 is 0. The van der Waals surface area contributed by atoms with Gasteiger partial charge in [0.15, 0.2) is 0 Å². The minimum atomic E-state index is -0.623. The Kier molecular flexibility index (Phi) is 3.66. The van der Waals surface area contributed by atoms with Crippen LogP contribution < -0.4 is 10.1 Å². The Morgan fingerprint density at radius 3 is 2.93 bits per heavy atom. The fourth-order valence-corrected chi connectivity index (χ4v) is 1.11. The van der Waals surface area contributed by atoms with Crippen molar-refractivity contribution in [2.45, 2.75) is 0 Å². The van der Waals surface area contributed by atoms with Crippen LogP contribution in [0.1, 0.15) is 5.56 Å². The van der Waals surface area contributed by atoms with Crippen molar-refractivity contribution in [3.8, 4) is 11.8 Å². The fourth-order valence-electron chi connectivity index (χ4n) is 1.11. The Hall–Kier alpha value is -2.06. The van der Waals surface area contributed by atoms with Gasteiger partial charge in [0.25, 0.3) is 0 Å². The number of carbonyl (C=O) groups excluding carboxylic acids is 1. The number of carbonyl (C=O) groups is 1. The van der Waals surface area contributed by atoms with E-state index in [4.69, 9.17) is 15.1 Å². The highest BCUT2D eigenvalue weighted by atomic mass is 16.5. The van der Waals surface area contributed by atoms with Crippen molar-refractivity contribution in [2.24, 2.45) is 0 Å². The molecule has 0 saturated heterocycles. The molecule has 5 nitrogen and oxygen atoms in total. The SMILES string of the molecule is COc1cccc(NC(=O)CO)c1C#N. The van der Waals surface area contributed by atoms with Crippen LogP contribution in [-0.2, 0) is 4.79 Å². The summed E-state index contributed by atoms with van der Waals surface area (Å²) in [7, 11) is 1.44. The largest absolute Gasteiger partial charge is 0.495 e. The zero-order chi connectivity index (χ0) is 11.3. The monoisotopic (exact) mass is 206 g/mol. The molecular formula is C10H10N2O3. The number of nitrogens with one attached hydrogen (secondary N) is 1. The number of ether oxygens (including phenoxy) is 1. The number of nitrogens with zero attached hydrogens (tertiary/aromatic N) is 1. The number of aliphatic hydroxyl groups excluding tert-OH is 1. The van der Waals surface area contributed by atoms with E-state index in [0.29, 0.717) is 11.4 Å². The van der Waals surface area contributed by atoms with Gasteiger partial charge in [-0.15, -0.1) is 0 Å². The van der Waals surface area contributed by atoms with E-state index in [1.165, 1.54) is 7.11 Å². The molecule has 0 atom stereocenters. The molecule has 0 aliphatic heterocycles. The molecule has 0 aromatic heterocycles. The first-order valence-electron chi connectivity index (χ1n) is 4.20. The van der Waals surface area contributed by atoms with Crippen molar-refractivity contribution in [3.05, 3.63) is 23.8 Å². The van der Waals surface area contributed by atoms with Gasteiger partial charge in [0.1, 0.15) is 24.0 Å². The standard InChI is InChI=1S/C10H10N2O3/c1-15-9-4-2-3-8(7(9)5-11)12-10(14)6-13/h2-4,13H,6H2,1H3,(H,12,14). The lowest BCUT2D eigenvalue weighted by Gasteiger charge is -2.08. The molecule has 1 aromatic rings. The van der Waals surface area contributed by atoms with Crippen LogP contribution in [0.25, 0.3) is 0 Å². The van der Waals surface area contributed by atoms with Crippen LogP contribution in [-0.4, -0.2) is 24.7 Å². The number of hydrogen-bond donors (Lipinski definition) is 2. The maximum atomic E-state index is 10.9. The van der Waals surface area contributed by atoms with E-state index in [1.54, 1.807) is 18.2 Å². The molecule has 0 bridgehead atoms. The van der Waals surface area contributed by atoms with Crippen LogP contribution in [0.2, 0.25) is 0 Å². The normalized spacial score (nSPS) is 9.13. The zero-order valence-electron chi connectivity index (χ0n) is 8.15. The van der Waals surface area contributed by atoms with Crippen molar-refractivity contribution >= 4 is 11.6 Å². The third-order valence-corrected chi connectivity index (χ3v) is 1.78. The molecule has 0 spiro atoms. The maximum Gasteiger partial charge on any atom is 0.250 e. The van der Waals surface area contributed by atoms with E-state index < -0.39 is 12.5 Å². The second-order valence-electron chi connectivity index (χ2n) is 2.70. The molecule has 5 heteroatoms. The lowest BCUT2D eigenvalue weighted by molar-refractivity contribution is -0.118. The molecule has 0 unspecified atom stereocenters. The van der Waals surface area contributed by atoms with Gasteiger partial charge in [-0.3, -0.25) is 4.79 Å². The zero-order valence-corrected chi connectivity index (χ0v) is 8.15. The predicted molar refractivity (Wildman–Crippen MR) is 53.4 cm³/mol. The molecule has 1 aromatic carbocycles. The first-order valence-corrected chi connectivity index (χ1v) is 4.20. The van der Waals surface area contributed by atoms with Crippen LogP contribution in [0.3, 0.4) is 0 Å². The number of hydrogen-bond acceptors (Lipinski definition) is 4. The molecule has 0 fully saturated rings. The van der Waals surface area contributed by atoms with Gasteiger partial charge >= 0.3 is 0 Å². The van der Waals surface area contributed by atoms with Crippen molar-refractivity contribution in [2.75, 3.05) is 19.0 Å². The third kappa shape index (κ3) is 2.45. The summed E-state index contributed by atoms with van der Waals surface area (Å²) in [6.07, 6.45) is 0. The second kappa shape index (κ2) is 4.98. The van der Waals surface area contributed by atoms with Crippen LogP contribution in [0.5, 0.6) is 5.75 Å². The Labute approximate surface area is 86.9 Å². The van der Waals surface area contributed by atoms with E-state index in [9.17, 15) is 4.79 Å². The topological polar surface area (TPSA) is 82.3 Å². The van der Waals surface area contributed by atoms with Crippen molar-refractivity contribution in [1.29, 1.82) is 5.26 Å². The number of benzene rings is 1. The molecule has 15 heavy (non-hydrogen) atoms. The van der Waals surface area contributed by atoms with Gasteiger partial charge in [0, 0.05) is 0 Å². The molecule has 0 saturated carbocycles. The van der Waals surface area contributed by atoms with Crippen molar-refractivity contribution in [3.63, 3.8) is 0 Å².